The van der Waals surface area contributed by atoms with Gasteiger partial charge in [-0.1, -0.05) is 6.07 Å². The lowest BCUT2D eigenvalue weighted by molar-refractivity contribution is 0.961. The van der Waals surface area contributed by atoms with Crippen molar-refractivity contribution in [3.05, 3.63) is 64.7 Å². The molecule has 7 nitrogen and oxygen atoms in total. The number of pyridine rings is 1. The molecule has 0 aliphatic carbocycles. The fourth-order valence-corrected chi connectivity index (χ4v) is 2.49. The van der Waals surface area contributed by atoms with Gasteiger partial charge >= 0.3 is 0 Å². The zero-order chi connectivity index (χ0) is 16.7. The van der Waals surface area contributed by atoms with Gasteiger partial charge in [-0.3, -0.25) is 4.79 Å². The molecule has 4 rings (SSSR count). The first-order chi connectivity index (χ1) is 11.6. The van der Waals surface area contributed by atoms with Crippen molar-refractivity contribution >= 4 is 16.9 Å². The highest BCUT2D eigenvalue weighted by Crippen LogP contribution is 2.23. The van der Waals surface area contributed by atoms with Crippen LogP contribution in [0.5, 0.6) is 0 Å². The van der Waals surface area contributed by atoms with Crippen molar-refractivity contribution in [2.24, 2.45) is 0 Å². The van der Waals surface area contributed by atoms with Crippen LogP contribution in [-0.2, 0) is 0 Å². The highest BCUT2D eigenvalue weighted by atomic mass is 16.1. The molecule has 0 bridgehead atoms. The van der Waals surface area contributed by atoms with E-state index in [-0.39, 0.29) is 12.7 Å². The monoisotopic (exact) mass is 320 g/mol. The molecule has 1 aromatic carbocycles. The Kier molecular flexibility index (Phi) is 3.13. The third-order valence-electron chi connectivity index (χ3n) is 3.71. The summed E-state index contributed by atoms with van der Waals surface area (Å²) in [6.45, 7) is 2.02. The number of hydrogen-bond donors (Lipinski definition) is 2. The molecule has 0 atom stereocenters. The summed E-state index contributed by atoms with van der Waals surface area (Å²) in [4.78, 5) is 27.7. The van der Waals surface area contributed by atoms with Crippen LogP contribution in [0, 0.1) is 6.92 Å². The second-order valence-electron chi connectivity index (χ2n) is 5.51. The molecule has 7 heteroatoms. The number of aromatic amines is 1. The van der Waals surface area contributed by atoms with Crippen LogP contribution in [-0.4, -0.2) is 24.5 Å². The van der Waals surface area contributed by atoms with E-state index in [1.807, 2.05) is 25.1 Å². The first-order valence-electron chi connectivity index (χ1n) is 7.38. The number of aromatic nitrogens is 5. The summed E-state index contributed by atoms with van der Waals surface area (Å²) < 4.78 is 1.70. The molecule has 0 aliphatic heterocycles. The van der Waals surface area contributed by atoms with Gasteiger partial charge in [-0.15, -0.1) is 0 Å². The van der Waals surface area contributed by atoms with Crippen molar-refractivity contribution in [3.63, 3.8) is 0 Å². The minimum atomic E-state index is -0.0671. The van der Waals surface area contributed by atoms with Gasteiger partial charge in [-0.05, 0) is 24.6 Å². The lowest BCUT2D eigenvalue weighted by atomic mass is 10.2. The van der Waals surface area contributed by atoms with Crippen molar-refractivity contribution in [1.82, 2.24) is 24.5 Å². The van der Waals surface area contributed by atoms with Crippen molar-refractivity contribution in [2.75, 3.05) is 5.73 Å². The minimum absolute atomic E-state index is 0. The molecule has 0 radical (unpaired) electrons. The molecular formula is C17H16N6O. The van der Waals surface area contributed by atoms with Gasteiger partial charge in [0.15, 0.2) is 28.6 Å². The second-order valence-corrected chi connectivity index (χ2v) is 5.51. The average Bonchev–Trinajstić information content (AvgIpc) is 2.99. The van der Waals surface area contributed by atoms with Crippen LogP contribution >= 0.6 is 0 Å². The Morgan fingerprint density at radius 2 is 1.96 bits per heavy atom. The van der Waals surface area contributed by atoms with Crippen LogP contribution in [0.3, 0.4) is 0 Å². The quantitative estimate of drug-likeness (QED) is 0.590. The van der Waals surface area contributed by atoms with Crippen LogP contribution in [0.2, 0.25) is 0 Å². The van der Waals surface area contributed by atoms with E-state index in [4.69, 9.17) is 5.73 Å². The first-order valence-corrected chi connectivity index (χ1v) is 7.38. The van der Waals surface area contributed by atoms with E-state index < -0.39 is 0 Å². The van der Waals surface area contributed by atoms with Gasteiger partial charge in [0.05, 0.1) is 17.2 Å². The second kappa shape index (κ2) is 5.31. The van der Waals surface area contributed by atoms with Crippen molar-refractivity contribution in [2.45, 2.75) is 6.92 Å². The molecule has 4 aromatic rings. The molecule has 0 unspecified atom stereocenters. The fraction of sp³-hybridized carbons (Fsp3) is 0.0588. The standard InChI is InChI=1S/C17H14N6O.H2/c1-10-2-3-12-13(8-10)21-17(20-12)15-16(18)19-9-14(22-15)23-6-4-11(24)5-7-23;/h2-9H,1H3,(H2,18,19)(H,20,21);1H. The normalized spacial score (nSPS) is 11.0. The number of nitrogens with zero attached hydrogens (tertiary/aromatic N) is 4. The summed E-state index contributed by atoms with van der Waals surface area (Å²) >= 11 is 0. The number of imidazole rings is 1. The highest BCUT2D eigenvalue weighted by Gasteiger charge is 2.13. The Hall–Kier alpha value is -3.48. The number of fused-ring (bicyclic) bond motifs is 1. The van der Waals surface area contributed by atoms with Gasteiger partial charge in [-0.2, -0.15) is 0 Å². The number of hydrogen-bond acceptors (Lipinski definition) is 5. The Bertz CT molecular complexity index is 1100. The molecule has 0 aliphatic rings. The van der Waals surface area contributed by atoms with E-state index in [0.29, 0.717) is 17.3 Å². The maximum Gasteiger partial charge on any atom is 0.181 e. The molecule has 24 heavy (non-hydrogen) atoms. The predicted octanol–water partition coefficient (Wildman–Crippen LogP) is 2.31. The lowest BCUT2D eigenvalue weighted by Crippen LogP contribution is -2.06. The van der Waals surface area contributed by atoms with E-state index in [1.165, 1.54) is 12.1 Å². The van der Waals surface area contributed by atoms with E-state index in [9.17, 15) is 4.79 Å². The van der Waals surface area contributed by atoms with E-state index >= 15 is 0 Å². The Labute approximate surface area is 138 Å². The van der Waals surface area contributed by atoms with E-state index in [1.54, 1.807) is 23.2 Å². The molecule has 0 spiro atoms. The Morgan fingerprint density at radius 3 is 2.75 bits per heavy atom. The summed E-state index contributed by atoms with van der Waals surface area (Å²) in [6, 6.07) is 8.88. The smallest absolute Gasteiger partial charge is 0.181 e. The number of anilines is 1. The lowest BCUT2D eigenvalue weighted by Gasteiger charge is -2.07. The van der Waals surface area contributed by atoms with Gasteiger partial charge in [0.1, 0.15) is 0 Å². The largest absolute Gasteiger partial charge is 0.382 e. The number of aryl methyl sites for hydroxylation is 1. The topological polar surface area (TPSA) is 102 Å². The van der Waals surface area contributed by atoms with Crippen LogP contribution in [0.15, 0.2) is 53.7 Å². The zero-order valence-corrected chi connectivity index (χ0v) is 12.9. The van der Waals surface area contributed by atoms with Crippen LogP contribution in [0.25, 0.3) is 28.4 Å². The van der Waals surface area contributed by atoms with Crippen molar-refractivity contribution < 1.29 is 1.43 Å². The van der Waals surface area contributed by atoms with Gasteiger partial charge in [-0.25, -0.2) is 15.0 Å². The molecule has 0 amide bonds. The average molecular weight is 320 g/mol. The molecule has 0 fully saturated rings. The van der Waals surface area contributed by atoms with Gasteiger partial charge in [0.25, 0.3) is 0 Å². The Morgan fingerprint density at radius 1 is 1.17 bits per heavy atom. The first kappa shape index (κ1) is 14.1. The molecule has 120 valence electrons. The predicted molar refractivity (Wildman–Crippen MR) is 94.0 cm³/mol. The number of nitrogen functional groups attached to an aromatic ring is 1. The summed E-state index contributed by atoms with van der Waals surface area (Å²) in [7, 11) is 0. The fourth-order valence-electron chi connectivity index (χ4n) is 2.49. The number of H-pyrrole nitrogens is 1. The summed E-state index contributed by atoms with van der Waals surface area (Å²) in [5.74, 6) is 1.40. The molecule has 3 aromatic heterocycles. The zero-order valence-electron chi connectivity index (χ0n) is 12.9. The van der Waals surface area contributed by atoms with E-state index in [0.717, 1.165) is 16.6 Å². The van der Waals surface area contributed by atoms with Crippen LogP contribution < -0.4 is 11.2 Å². The van der Waals surface area contributed by atoms with E-state index in [2.05, 4.69) is 19.9 Å². The SMILES string of the molecule is Cc1ccc2nc(-c3nc(-n4ccc(=O)cc4)cnc3N)[nH]c2c1.[HH]. The number of rotatable bonds is 2. The van der Waals surface area contributed by atoms with Crippen molar-refractivity contribution in [3.8, 4) is 17.3 Å². The van der Waals surface area contributed by atoms with Crippen LogP contribution in [0.4, 0.5) is 5.82 Å². The minimum Gasteiger partial charge on any atom is -0.382 e. The third kappa shape index (κ3) is 2.41. The molecule has 3 heterocycles. The number of nitrogens with one attached hydrogen (secondary N) is 1. The summed E-state index contributed by atoms with van der Waals surface area (Å²) in [5, 5.41) is 0. The maximum atomic E-state index is 11.2. The number of nitrogens with two attached hydrogens (primary N) is 1. The Balaban J connectivity index is 0.00000182. The number of benzene rings is 1. The molecule has 0 saturated heterocycles. The van der Waals surface area contributed by atoms with Crippen LogP contribution in [0.1, 0.15) is 6.99 Å². The summed E-state index contributed by atoms with van der Waals surface area (Å²) in [6.07, 6.45) is 4.82. The van der Waals surface area contributed by atoms with Gasteiger partial charge in [0, 0.05) is 26.0 Å². The molecule has 3 N–H and O–H groups in total. The van der Waals surface area contributed by atoms with Crippen molar-refractivity contribution in [1.29, 1.82) is 0 Å². The molecular weight excluding hydrogens is 304 g/mol. The highest BCUT2D eigenvalue weighted by molar-refractivity contribution is 5.81. The van der Waals surface area contributed by atoms with Gasteiger partial charge < -0.3 is 15.3 Å². The third-order valence-corrected chi connectivity index (χ3v) is 3.71. The maximum absolute atomic E-state index is 11.2. The van der Waals surface area contributed by atoms with Gasteiger partial charge in [0.2, 0.25) is 0 Å². The summed E-state index contributed by atoms with van der Waals surface area (Å²) in [5.41, 5.74) is 9.28. The molecule has 0 saturated carbocycles.